The van der Waals surface area contributed by atoms with Crippen molar-refractivity contribution in [3.8, 4) is 34.1 Å². The minimum atomic E-state index is -2.00. The van der Waals surface area contributed by atoms with Gasteiger partial charge in [0.05, 0.1) is 14.2 Å². The van der Waals surface area contributed by atoms with E-state index >= 15 is 0 Å². The molecule has 0 bridgehead atoms. The first-order valence-corrected chi connectivity index (χ1v) is 21.9. The van der Waals surface area contributed by atoms with E-state index in [0.717, 1.165) is 33.4 Å². The van der Waals surface area contributed by atoms with Crippen LogP contribution in [-0.2, 0) is 28.9 Å². The Morgan fingerprint density at radius 1 is 0.383 bits per heavy atom. The molecular formula is C50H48O8P2. The van der Waals surface area contributed by atoms with Gasteiger partial charge >= 0.3 is 17.2 Å². The van der Waals surface area contributed by atoms with Crippen molar-refractivity contribution in [2.24, 2.45) is 0 Å². The van der Waals surface area contributed by atoms with E-state index in [4.69, 9.17) is 36.6 Å². The lowest BCUT2D eigenvalue weighted by atomic mass is 9.81. The van der Waals surface area contributed by atoms with Crippen LogP contribution in [0.25, 0.3) is 34.2 Å². The van der Waals surface area contributed by atoms with Crippen molar-refractivity contribution >= 4 is 40.2 Å². The summed E-state index contributed by atoms with van der Waals surface area (Å²) in [6.07, 6.45) is 0. The van der Waals surface area contributed by atoms with Crippen molar-refractivity contribution in [2.45, 2.75) is 52.4 Å². The third-order valence-corrected chi connectivity index (χ3v) is 12.0. The van der Waals surface area contributed by atoms with E-state index in [-0.39, 0.29) is 0 Å². The number of rotatable bonds is 11. The number of hydrogen-bond donors (Lipinski definition) is 0. The van der Waals surface area contributed by atoms with Crippen LogP contribution in [0.1, 0.15) is 74.9 Å². The van der Waals surface area contributed by atoms with Gasteiger partial charge in [-0.3, -0.25) is 0 Å². The Morgan fingerprint density at radius 3 is 0.883 bits per heavy atom. The summed E-state index contributed by atoms with van der Waals surface area (Å²) in [6.45, 7) is 12.8. The van der Waals surface area contributed by atoms with Crippen LogP contribution in [0.5, 0.6) is 23.0 Å². The van der Waals surface area contributed by atoms with Crippen molar-refractivity contribution < 1.29 is 36.6 Å². The number of benzene rings is 6. The van der Waals surface area contributed by atoms with Crippen LogP contribution < -0.4 is 18.5 Å². The highest BCUT2D eigenvalue weighted by Gasteiger charge is 2.40. The van der Waals surface area contributed by atoms with Gasteiger partial charge in [-0.05, 0) is 35.1 Å². The van der Waals surface area contributed by atoms with Crippen LogP contribution >= 0.6 is 17.2 Å². The summed E-state index contributed by atoms with van der Waals surface area (Å²) in [7, 11) is -0.669. The molecule has 0 N–H and O–H groups in total. The Kier molecular flexibility index (Phi) is 11.5. The first-order chi connectivity index (χ1) is 28.9. The maximum atomic E-state index is 7.06. The minimum absolute atomic E-state index is 0.417. The van der Waals surface area contributed by atoms with Crippen LogP contribution in [0.3, 0.4) is 0 Å². The highest BCUT2D eigenvalue weighted by atomic mass is 31.2. The zero-order chi connectivity index (χ0) is 42.0. The second kappa shape index (κ2) is 17.0. The molecule has 0 aromatic heterocycles. The van der Waals surface area contributed by atoms with E-state index in [2.05, 4.69) is 41.5 Å². The second-order valence-corrected chi connectivity index (χ2v) is 18.4. The number of methoxy groups -OCH3 is 2. The fourth-order valence-electron chi connectivity index (χ4n) is 6.97. The highest BCUT2D eigenvalue weighted by molar-refractivity contribution is 7.43. The third kappa shape index (κ3) is 8.54. The van der Waals surface area contributed by atoms with Gasteiger partial charge in [0, 0.05) is 44.5 Å². The standard InChI is InChI=1S/C50H48O8P2/c1-49(2,3)41-31-37(51-7)29-39(47(41)57-59-53-43(33-21-13-9-14-22-33)44(54-59)34-23-15-10-16-24-34)40-30-38(52-8)32-42(50(4,5)6)48(40)58-60-55-45(35-25-17-11-18-26-35)46(56-60)36-27-19-12-20-28-36/h9-32H,1-8H3. The van der Waals surface area contributed by atoms with Gasteiger partial charge in [-0.25, -0.2) is 0 Å². The summed E-state index contributed by atoms with van der Waals surface area (Å²) < 4.78 is 52.8. The van der Waals surface area contributed by atoms with E-state index in [1.165, 1.54) is 0 Å². The van der Waals surface area contributed by atoms with Gasteiger partial charge < -0.3 is 36.6 Å². The van der Waals surface area contributed by atoms with Crippen LogP contribution in [0.4, 0.5) is 0 Å². The predicted molar refractivity (Wildman–Crippen MR) is 241 cm³/mol. The van der Waals surface area contributed by atoms with Gasteiger partial charge in [0.1, 0.15) is 23.0 Å². The average molecular weight is 839 g/mol. The maximum absolute atomic E-state index is 7.06. The fourth-order valence-corrected chi connectivity index (χ4v) is 9.23. The summed E-state index contributed by atoms with van der Waals surface area (Å²) in [5.41, 5.74) is 5.83. The quantitative estimate of drug-likeness (QED) is 0.119. The molecule has 0 amide bonds. The highest BCUT2D eigenvalue weighted by Crippen LogP contribution is 2.62. The van der Waals surface area contributed by atoms with Crippen LogP contribution in [0.2, 0.25) is 0 Å². The van der Waals surface area contributed by atoms with Gasteiger partial charge in [-0.2, -0.15) is 0 Å². The molecule has 0 spiro atoms. The second-order valence-electron chi connectivity index (χ2n) is 16.4. The molecule has 60 heavy (non-hydrogen) atoms. The van der Waals surface area contributed by atoms with Crippen LogP contribution in [-0.4, -0.2) is 14.2 Å². The zero-order valence-electron chi connectivity index (χ0n) is 35.0. The summed E-state index contributed by atoms with van der Waals surface area (Å²) in [5.74, 6) is 4.82. The van der Waals surface area contributed by atoms with Crippen molar-refractivity contribution in [3.63, 3.8) is 0 Å². The van der Waals surface area contributed by atoms with Gasteiger partial charge in [0.25, 0.3) is 0 Å². The molecule has 0 atom stereocenters. The fraction of sp³-hybridized carbons (Fsp3) is 0.200. The Bertz CT molecular complexity index is 2250. The minimum Gasteiger partial charge on any atom is -0.497 e. The topological polar surface area (TPSA) is 73.8 Å². The molecule has 6 aromatic carbocycles. The molecule has 0 saturated heterocycles. The molecule has 2 aliphatic rings. The Labute approximate surface area is 355 Å². The van der Waals surface area contributed by atoms with E-state index in [1.807, 2.05) is 146 Å². The zero-order valence-corrected chi connectivity index (χ0v) is 36.8. The SMILES string of the molecule is COc1cc(-c2cc(OC)cc(C(C)(C)C)c2OP2OC(c3ccccc3)=C(c3ccccc3)O2)c(OP2OC(c3ccccc3)=C(c3ccccc3)O2)c(C(C)(C)C)c1. The third-order valence-electron chi connectivity index (χ3n) is 10.1. The Hall–Kier alpha value is -5.94. The number of hydrogen-bond acceptors (Lipinski definition) is 8. The molecule has 8 rings (SSSR count). The molecule has 306 valence electrons. The van der Waals surface area contributed by atoms with Crippen LogP contribution in [0, 0.1) is 0 Å². The Morgan fingerprint density at radius 2 is 0.650 bits per heavy atom. The van der Waals surface area contributed by atoms with Crippen molar-refractivity contribution in [3.05, 3.63) is 179 Å². The molecule has 8 nitrogen and oxygen atoms in total. The van der Waals surface area contributed by atoms with Gasteiger partial charge in [0.15, 0.2) is 23.0 Å². The summed E-state index contributed by atoms with van der Waals surface area (Å²) in [5, 5.41) is 0. The summed E-state index contributed by atoms with van der Waals surface area (Å²) in [4.78, 5) is 0. The smallest absolute Gasteiger partial charge is 0.497 e. The van der Waals surface area contributed by atoms with Crippen molar-refractivity contribution in [1.82, 2.24) is 0 Å². The van der Waals surface area contributed by atoms with Crippen LogP contribution in [0.15, 0.2) is 146 Å². The van der Waals surface area contributed by atoms with Gasteiger partial charge in [-0.1, -0.05) is 163 Å². The molecular weight excluding hydrogens is 790 g/mol. The normalized spacial score (nSPS) is 14.6. The average Bonchev–Trinajstić information content (AvgIpc) is 3.89. The molecule has 0 fully saturated rings. The van der Waals surface area contributed by atoms with E-state index in [0.29, 0.717) is 57.2 Å². The monoisotopic (exact) mass is 838 g/mol. The van der Waals surface area contributed by atoms with Crippen molar-refractivity contribution in [1.29, 1.82) is 0 Å². The summed E-state index contributed by atoms with van der Waals surface area (Å²) in [6, 6.07) is 47.7. The molecule has 6 aromatic rings. The van der Waals surface area contributed by atoms with Gasteiger partial charge in [-0.15, -0.1) is 0 Å². The maximum Gasteiger partial charge on any atom is 0.530 e. The molecule has 0 unspecified atom stereocenters. The lowest BCUT2D eigenvalue weighted by Crippen LogP contribution is -2.15. The molecule has 0 aliphatic carbocycles. The molecule has 0 saturated carbocycles. The molecule has 2 aliphatic heterocycles. The number of ether oxygens (including phenoxy) is 2. The predicted octanol–water partition coefficient (Wildman–Crippen LogP) is 14.3. The van der Waals surface area contributed by atoms with Gasteiger partial charge in [0.2, 0.25) is 0 Å². The van der Waals surface area contributed by atoms with Crippen molar-refractivity contribution in [2.75, 3.05) is 14.2 Å². The van der Waals surface area contributed by atoms with E-state index in [1.54, 1.807) is 14.2 Å². The first-order valence-electron chi connectivity index (χ1n) is 19.7. The molecule has 2 heterocycles. The largest absolute Gasteiger partial charge is 0.530 e. The first kappa shape index (κ1) is 40.8. The van der Waals surface area contributed by atoms with E-state index < -0.39 is 28.0 Å². The lowest BCUT2D eigenvalue weighted by Gasteiger charge is -2.29. The molecule has 0 radical (unpaired) electrons. The van der Waals surface area contributed by atoms with E-state index in [9.17, 15) is 0 Å². The molecule has 10 heteroatoms. The summed E-state index contributed by atoms with van der Waals surface area (Å²) >= 11 is 0. The Balaban J connectivity index is 1.27. The lowest BCUT2D eigenvalue weighted by molar-refractivity contribution is 0.377.